The Labute approximate surface area is 261 Å². The maximum Gasteiger partial charge on any atom is 0.407 e. The number of carboxylic acid groups (broad SMARTS) is 1. The molecular weight excluding hydrogens is 574 g/mol. The number of amides is 2. The van der Waals surface area contributed by atoms with Crippen molar-refractivity contribution in [3.63, 3.8) is 0 Å². The average molecular weight is 622 g/mol. The number of carbonyl (C=O) groups excluding carboxylic acids is 1. The van der Waals surface area contributed by atoms with Crippen LogP contribution in [0.25, 0.3) is 22.3 Å². The van der Waals surface area contributed by atoms with E-state index in [-0.39, 0.29) is 18.7 Å². The zero-order valence-electron chi connectivity index (χ0n) is 27.0. The van der Waals surface area contributed by atoms with Crippen LogP contribution in [-0.4, -0.2) is 77.0 Å². The number of likely N-dealkylation sites (tertiary alicyclic amines) is 1. The highest BCUT2D eigenvalue weighted by Crippen LogP contribution is 2.39. The molecule has 1 saturated heterocycles. The van der Waals surface area contributed by atoms with Gasteiger partial charge in [-0.05, 0) is 68.2 Å². The number of benzene rings is 1. The summed E-state index contributed by atoms with van der Waals surface area (Å²) < 4.78 is 14.6. The van der Waals surface area contributed by atoms with E-state index in [0.29, 0.717) is 67.8 Å². The number of fused-ring (bicyclic) bond motifs is 1. The number of rotatable bonds is 12. The summed E-state index contributed by atoms with van der Waals surface area (Å²) in [7, 11) is -1.29. The van der Waals surface area contributed by atoms with Gasteiger partial charge in [0.25, 0.3) is 5.91 Å². The average Bonchev–Trinajstić information content (AvgIpc) is 3.76. The van der Waals surface area contributed by atoms with E-state index in [1.807, 2.05) is 17.6 Å². The molecule has 44 heavy (non-hydrogen) atoms. The summed E-state index contributed by atoms with van der Waals surface area (Å²) in [5, 5.41) is 12.5. The monoisotopic (exact) mass is 621 g/mol. The number of hydrogen-bond donors (Lipinski definition) is 2. The summed E-state index contributed by atoms with van der Waals surface area (Å²) in [5.74, 6) is 1.48. The predicted molar refractivity (Wildman–Crippen MR) is 174 cm³/mol. The fourth-order valence-corrected chi connectivity index (χ4v) is 6.40. The maximum absolute atomic E-state index is 13.9. The molecule has 1 aliphatic heterocycles. The van der Waals surface area contributed by atoms with Crippen molar-refractivity contribution in [2.75, 3.05) is 26.3 Å². The third-order valence-corrected chi connectivity index (χ3v) is 10.4. The van der Waals surface area contributed by atoms with Gasteiger partial charge in [0, 0.05) is 45.1 Å². The van der Waals surface area contributed by atoms with Gasteiger partial charge in [0.05, 0.1) is 17.7 Å². The van der Waals surface area contributed by atoms with Crippen molar-refractivity contribution in [3.8, 4) is 17.0 Å². The molecule has 10 nitrogen and oxygen atoms in total. The molecule has 2 fully saturated rings. The summed E-state index contributed by atoms with van der Waals surface area (Å²) in [6.07, 6.45) is 4.14. The van der Waals surface area contributed by atoms with Crippen LogP contribution in [0, 0.1) is 12.8 Å². The SMILES string of the molecule is Cc1c(C(=O)NC2CCN(C(=O)O)CC2)c2ncnc(-c3cc(C(C)C)ccc3OCC3CC3)c2n1COCC[Si](C)(C)C. The molecule has 2 aromatic heterocycles. The first-order valence-corrected chi connectivity index (χ1v) is 19.6. The van der Waals surface area contributed by atoms with Gasteiger partial charge in [0.2, 0.25) is 0 Å². The summed E-state index contributed by atoms with van der Waals surface area (Å²) in [6, 6.07) is 7.24. The highest BCUT2D eigenvalue weighted by atomic mass is 28.3. The first kappa shape index (κ1) is 32.0. The number of ether oxygens (including phenoxy) is 2. The molecule has 2 aliphatic rings. The molecule has 0 bridgehead atoms. The lowest BCUT2D eigenvalue weighted by molar-refractivity contribution is 0.0874. The first-order chi connectivity index (χ1) is 20.9. The molecule has 5 rings (SSSR count). The van der Waals surface area contributed by atoms with Crippen LogP contribution in [-0.2, 0) is 11.5 Å². The van der Waals surface area contributed by atoms with Crippen LogP contribution in [0.2, 0.25) is 25.7 Å². The Balaban J connectivity index is 1.55. The van der Waals surface area contributed by atoms with Gasteiger partial charge in [-0.15, -0.1) is 0 Å². The smallest absolute Gasteiger partial charge is 0.407 e. The Morgan fingerprint density at radius 1 is 1.11 bits per heavy atom. The highest BCUT2D eigenvalue weighted by Gasteiger charge is 2.30. The van der Waals surface area contributed by atoms with Crippen LogP contribution >= 0.6 is 0 Å². The quantitative estimate of drug-likeness (QED) is 0.175. The summed E-state index contributed by atoms with van der Waals surface area (Å²) in [5.41, 5.74) is 5.37. The van der Waals surface area contributed by atoms with Gasteiger partial charge in [0.1, 0.15) is 30.0 Å². The van der Waals surface area contributed by atoms with Gasteiger partial charge < -0.3 is 29.4 Å². The number of nitrogens with zero attached hydrogens (tertiary/aromatic N) is 4. The largest absolute Gasteiger partial charge is 0.493 e. The zero-order valence-corrected chi connectivity index (χ0v) is 28.0. The van der Waals surface area contributed by atoms with Gasteiger partial charge in [-0.2, -0.15) is 0 Å². The van der Waals surface area contributed by atoms with E-state index in [0.717, 1.165) is 28.6 Å². The molecule has 2 amide bonds. The van der Waals surface area contributed by atoms with Crippen LogP contribution < -0.4 is 10.1 Å². The molecule has 1 aromatic carbocycles. The van der Waals surface area contributed by atoms with Crippen molar-refractivity contribution >= 4 is 31.1 Å². The molecule has 0 spiro atoms. The third-order valence-electron chi connectivity index (χ3n) is 8.74. The lowest BCUT2D eigenvalue weighted by Crippen LogP contribution is -2.46. The molecule has 0 radical (unpaired) electrons. The van der Waals surface area contributed by atoms with E-state index in [2.05, 4.69) is 55.9 Å². The van der Waals surface area contributed by atoms with Gasteiger partial charge in [-0.3, -0.25) is 4.79 Å². The molecule has 1 aliphatic carbocycles. The number of nitrogens with one attached hydrogen (secondary N) is 1. The standard InChI is InChI=1S/C33H47N5O5Si/c1-21(2)24-9-10-27(43-18-23-7-8-23)26(17-24)29-31-30(35-19-34-29)28(22(3)38(31)20-42-15-16-44(4,5)6)32(39)36-25-11-13-37(14-12-25)33(40)41/h9-10,17,19,21,23,25H,7-8,11-16,18,20H2,1-6H3,(H,36,39)(H,40,41). The highest BCUT2D eigenvalue weighted by molar-refractivity contribution is 6.76. The lowest BCUT2D eigenvalue weighted by Gasteiger charge is -2.30. The molecule has 2 N–H and O–H groups in total. The minimum atomic E-state index is -1.29. The Hall–Kier alpha value is -3.44. The Kier molecular flexibility index (Phi) is 9.64. The van der Waals surface area contributed by atoms with Gasteiger partial charge >= 0.3 is 6.09 Å². The van der Waals surface area contributed by atoms with Crippen LogP contribution in [0.3, 0.4) is 0 Å². The molecule has 3 heterocycles. The number of carbonyl (C=O) groups is 2. The van der Waals surface area contributed by atoms with E-state index < -0.39 is 14.2 Å². The molecular formula is C33H47N5O5Si. The number of hydrogen-bond acceptors (Lipinski definition) is 6. The van der Waals surface area contributed by atoms with E-state index in [9.17, 15) is 14.7 Å². The fourth-order valence-electron chi connectivity index (χ4n) is 5.64. The minimum Gasteiger partial charge on any atom is -0.493 e. The van der Waals surface area contributed by atoms with Crippen LogP contribution in [0.15, 0.2) is 24.5 Å². The number of piperidine rings is 1. The van der Waals surface area contributed by atoms with E-state index in [1.54, 1.807) is 0 Å². The predicted octanol–water partition coefficient (Wildman–Crippen LogP) is 6.50. The van der Waals surface area contributed by atoms with E-state index >= 15 is 0 Å². The first-order valence-electron chi connectivity index (χ1n) is 15.9. The fraction of sp³-hybridized carbons (Fsp3) is 0.576. The topological polar surface area (TPSA) is 119 Å². The Morgan fingerprint density at radius 3 is 2.48 bits per heavy atom. The summed E-state index contributed by atoms with van der Waals surface area (Å²) in [6.45, 7) is 15.6. The van der Waals surface area contributed by atoms with Crippen molar-refractivity contribution in [1.82, 2.24) is 24.8 Å². The normalized spacial score (nSPS) is 16.1. The molecule has 3 aromatic rings. The maximum atomic E-state index is 13.9. The Bertz CT molecular complexity index is 1500. The molecule has 238 valence electrons. The molecule has 0 atom stereocenters. The van der Waals surface area contributed by atoms with Crippen molar-refractivity contribution in [2.45, 2.75) is 90.8 Å². The zero-order chi connectivity index (χ0) is 31.6. The van der Waals surface area contributed by atoms with Gasteiger partial charge in [-0.25, -0.2) is 14.8 Å². The second-order valence-corrected chi connectivity index (χ2v) is 19.5. The summed E-state index contributed by atoms with van der Waals surface area (Å²) >= 11 is 0. The molecule has 11 heteroatoms. The van der Waals surface area contributed by atoms with Crippen LogP contribution in [0.5, 0.6) is 5.75 Å². The summed E-state index contributed by atoms with van der Waals surface area (Å²) in [4.78, 5) is 36.2. The lowest BCUT2D eigenvalue weighted by atomic mass is 9.98. The van der Waals surface area contributed by atoms with Gasteiger partial charge in [0.15, 0.2) is 0 Å². The van der Waals surface area contributed by atoms with Crippen molar-refractivity contribution in [1.29, 1.82) is 0 Å². The Morgan fingerprint density at radius 2 is 1.84 bits per heavy atom. The van der Waals surface area contributed by atoms with Crippen molar-refractivity contribution in [2.24, 2.45) is 5.92 Å². The van der Waals surface area contributed by atoms with E-state index in [1.165, 1.54) is 29.6 Å². The molecule has 1 saturated carbocycles. The van der Waals surface area contributed by atoms with Gasteiger partial charge in [-0.1, -0.05) is 39.6 Å². The molecule has 0 unspecified atom stereocenters. The minimum absolute atomic E-state index is 0.115. The number of aromatic nitrogens is 3. The van der Waals surface area contributed by atoms with Crippen molar-refractivity contribution in [3.05, 3.63) is 41.3 Å². The second-order valence-electron chi connectivity index (χ2n) is 13.8. The van der Waals surface area contributed by atoms with Crippen molar-refractivity contribution < 1.29 is 24.2 Å². The van der Waals surface area contributed by atoms with E-state index in [4.69, 9.17) is 14.5 Å². The van der Waals surface area contributed by atoms with Crippen LogP contribution in [0.4, 0.5) is 4.79 Å². The third kappa shape index (κ3) is 7.43. The van der Waals surface area contributed by atoms with Crippen LogP contribution in [0.1, 0.15) is 67.1 Å². The second kappa shape index (κ2) is 13.3.